The van der Waals surface area contributed by atoms with Crippen LogP contribution in [-0.4, -0.2) is 7.11 Å². The van der Waals surface area contributed by atoms with Gasteiger partial charge in [-0.15, -0.1) is 0 Å². The minimum absolute atomic E-state index is 0.811. The lowest BCUT2D eigenvalue weighted by Crippen LogP contribution is -2.03. The van der Waals surface area contributed by atoms with Crippen molar-refractivity contribution in [1.29, 1.82) is 0 Å². The molecular weight excluding hydrogens is 184 g/mol. The third-order valence-electron chi connectivity index (χ3n) is 3.24. The van der Waals surface area contributed by atoms with Gasteiger partial charge in [0.2, 0.25) is 0 Å². The summed E-state index contributed by atoms with van der Waals surface area (Å²) in [5.74, 6) is 2.66. The van der Waals surface area contributed by atoms with Crippen LogP contribution in [0.3, 0.4) is 0 Å². The van der Waals surface area contributed by atoms with Gasteiger partial charge in [0.05, 0.1) is 7.11 Å². The van der Waals surface area contributed by atoms with Crippen LogP contribution in [0.1, 0.15) is 31.4 Å². The van der Waals surface area contributed by atoms with Gasteiger partial charge in [0.15, 0.2) is 0 Å². The molecule has 1 nitrogen and oxygen atoms in total. The molecular formula is C14H20O. The van der Waals surface area contributed by atoms with E-state index in [1.807, 2.05) is 0 Å². The van der Waals surface area contributed by atoms with E-state index >= 15 is 0 Å². The van der Waals surface area contributed by atoms with Crippen LogP contribution in [0.4, 0.5) is 0 Å². The average molecular weight is 204 g/mol. The van der Waals surface area contributed by atoms with E-state index in [0.717, 1.165) is 17.6 Å². The Kier molecular flexibility index (Phi) is 2.99. The second kappa shape index (κ2) is 4.26. The predicted octanol–water partition coefficient (Wildman–Crippen LogP) is 3.46. The van der Waals surface area contributed by atoms with Gasteiger partial charge in [-0.1, -0.05) is 19.9 Å². The standard InChI is InChI=1S/C14H20O/c1-10(2)6-11-7-12-4-5-14(15-3)9-13(12)8-11/h4-5,9-11H,6-8H2,1-3H3. The highest BCUT2D eigenvalue weighted by atomic mass is 16.5. The lowest BCUT2D eigenvalue weighted by atomic mass is 9.95. The quantitative estimate of drug-likeness (QED) is 0.732. The maximum absolute atomic E-state index is 5.26. The summed E-state index contributed by atoms with van der Waals surface area (Å²) in [6.07, 6.45) is 3.85. The summed E-state index contributed by atoms with van der Waals surface area (Å²) in [7, 11) is 1.74. The van der Waals surface area contributed by atoms with E-state index in [1.54, 1.807) is 7.11 Å². The number of hydrogen-bond acceptors (Lipinski definition) is 1. The smallest absolute Gasteiger partial charge is 0.119 e. The Morgan fingerprint density at radius 3 is 2.67 bits per heavy atom. The number of hydrogen-bond donors (Lipinski definition) is 0. The molecule has 1 atom stereocenters. The highest BCUT2D eigenvalue weighted by molar-refractivity contribution is 5.39. The number of benzene rings is 1. The molecule has 1 unspecified atom stereocenters. The van der Waals surface area contributed by atoms with Crippen LogP contribution in [0.15, 0.2) is 18.2 Å². The molecule has 15 heavy (non-hydrogen) atoms. The van der Waals surface area contributed by atoms with Gasteiger partial charge in [-0.25, -0.2) is 0 Å². The molecule has 0 saturated heterocycles. The van der Waals surface area contributed by atoms with Gasteiger partial charge < -0.3 is 4.74 Å². The van der Waals surface area contributed by atoms with Gasteiger partial charge >= 0.3 is 0 Å². The summed E-state index contributed by atoms with van der Waals surface area (Å²) < 4.78 is 5.26. The minimum Gasteiger partial charge on any atom is -0.497 e. The topological polar surface area (TPSA) is 9.23 Å². The van der Waals surface area contributed by atoms with Crippen molar-refractivity contribution in [1.82, 2.24) is 0 Å². The molecule has 1 aromatic carbocycles. The van der Waals surface area contributed by atoms with Crippen molar-refractivity contribution in [2.45, 2.75) is 33.1 Å². The molecule has 1 aliphatic carbocycles. The van der Waals surface area contributed by atoms with E-state index in [1.165, 1.54) is 30.4 Å². The molecule has 0 spiro atoms. The monoisotopic (exact) mass is 204 g/mol. The Morgan fingerprint density at radius 2 is 2.00 bits per heavy atom. The van der Waals surface area contributed by atoms with Gasteiger partial charge in [-0.2, -0.15) is 0 Å². The molecule has 0 N–H and O–H groups in total. The van der Waals surface area contributed by atoms with E-state index in [9.17, 15) is 0 Å². The first kappa shape index (κ1) is 10.5. The minimum atomic E-state index is 0.811. The Balaban J connectivity index is 2.09. The molecule has 2 rings (SSSR count). The van der Waals surface area contributed by atoms with Crippen molar-refractivity contribution in [2.24, 2.45) is 11.8 Å². The molecule has 0 saturated carbocycles. The van der Waals surface area contributed by atoms with Crippen LogP contribution in [0.25, 0.3) is 0 Å². The Bertz CT molecular complexity index is 341. The van der Waals surface area contributed by atoms with Gasteiger partial charge in [-0.05, 0) is 54.4 Å². The normalized spacial score (nSPS) is 19.3. The summed E-state index contributed by atoms with van der Waals surface area (Å²) >= 11 is 0. The SMILES string of the molecule is COc1ccc2c(c1)CC(CC(C)C)C2. The van der Waals surface area contributed by atoms with Crippen molar-refractivity contribution in [3.05, 3.63) is 29.3 Å². The molecule has 0 heterocycles. The summed E-state index contributed by atoms with van der Waals surface area (Å²) in [5, 5.41) is 0. The fraction of sp³-hybridized carbons (Fsp3) is 0.571. The zero-order valence-electron chi connectivity index (χ0n) is 9.92. The van der Waals surface area contributed by atoms with Gasteiger partial charge in [-0.3, -0.25) is 0 Å². The summed E-state index contributed by atoms with van der Waals surface area (Å²) in [6.45, 7) is 4.62. The van der Waals surface area contributed by atoms with Gasteiger partial charge in [0, 0.05) is 0 Å². The van der Waals surface area contributed by atoms with Crippen molar-refractivity contribution in [3.8, 4) is 5.75 Å². The zero-order chi connectivity index (χ0) is 10.8. The first-order valence-electron chi connectivity index (χ1n) is 5.85. The van der Waals surface area contributed by atoms with Crippen molar-refractivity contribution in [3.63, 3.8) is 0 Å². The summed E-state index contributed by atoms with van der Waals surface area (Å²) in [6, 6.07) is 6.51. The largest absolute Gasteiger partial charge is 0.497 e. The Hall–Kier alpha value is -0.980. The summed E-state index contributed by atoms with van der Waals surface area (Å²) in [4.78, 5) is 0. The van der Waals surface area contributed by atoms with Crippen LogP contribution in [-0.2, 0) is 12.8 Å². The molecule has 0 amide bonds. The fourth-order valence-electron chi connectivity index (χ4n) is 2.65. The Morgan fingerprint density at radius 1 is 1.27 bits per heavy atom. The highest BCUT2D eigenvalue weighted by Gasteiger charge is 2.22. The van der Waals surface area contributed by atoms with Crippen LogP contribution in [0.2, 0.25) is 0 Å². The highest BCUT2D eigenvalue weighted by Crippen LogP contribution is 2.32. The number of rotatable bonds is 3. The third-order valence-corrected chi connectivity index (χ3v) is 3.24. The van der Waals surface area contributed by atoms with E-state index in [0.29, 0.717) is 0 Å². The zero-order valence-corrected chi connectivity index (χ0v) is 9.92. The van der Waals surface area contributed by atoms with E-state index in [-0.39, 0.29) is 0 Å². The van der Waals surface area contributed by atoms with Gasteiger partial charge in [0.1, 0.15) is 5.75 Å². The maximum Gasteiger partial charge on any atom is 0.119 e. The molecule has 0 radical (unpaired) electrons. The van der Waals surface area contributed by atoms with E-state index in [2.05, 4.69) is 32.0 Å². The number of fused-ring (bicyclic) bond motifs is 1. The number of methoxy groups -OCH3 is 1. The number of ether oxygens (including phenoxy) is 1. The molecule has 1 heteroatoms. The average Bonchev–Trinajstić information content (AvgIpc) is 2.57. The molecule has 0 aromatic heterocycles. The third kappa shape index (κ3) is 2.34. The van der Waals surface area contributed by atoms with Crippen LogP contribution in [0, 0.1) is 11.8 Å². The predicted molar refractivity (Wildman–Crippen MR) is 63.3 cm³/mol. The fourth-order valence-corrected chi connectivity index (χ4v) is 2.65. The molecule has 0 fully saturated rings. The summed E-state index contributed by atoms with van der Waals surface area (Å²) in [5.41, 5.74) is 3.03. The second-order valence-electron chi connectivity index (χ2n) is 5.04. The lowest BCUT2D eigenvalue weighted by Gasteiger charge is -2.10. The molecule has 1 aliphatic rings. The second-order valence-corrected chi connectivity index (χ2v) is 5.04. The van der Waals surface area contributed by atoms with Gasteiger partial charge in [0.25, 0.3) is 0 Å². The van der Waals surface area contributed by atoms with Crippen LogP contribution >= 0.6 is 0 Å². The van der Waals surface area contributed by atoms with Crippen molar-refractivity contribution >= 4 is 0 Å². The maximum atomic E-state index is 5.26. The molecule has 1 aromatic rings. The lowest BCUT2D eigenvalue weighted by molar-refractivity contribution is 0.413. The first-order valence-corrected chi connectivity index (χ1v) is 5.85. The Labute approximate surface area is 92.5 Å². The molecule has 82 valence electrons. The van der Waals surface area contributed by atoms with Crippen molar-refractivity contribution < 1.29 is 4.74 Å². The van der Waals surface area contributed by atoms with E-state index < -0.39 is 0 Å². The van der Waals surface area contributed by atoms with E-state index in [4.69, 9.17) is 4.74 Å². The molecule has 0 bridgehead atoms. The van der Waals surface area contributed by atoms with Crippen molar-refractivity contribution in [2.75, 3.05) is 7.11 Å². The first-order chi connectivity index (χ1) is 7.19. The van der Waals surface area contributed by atoms with Crippen LogP contribution in [0.5, 0.6) is 5.75 Å². The molecule has 0 aliphatic heterocycles. The van der Waals surface area contributed by atoms with Crippen LogP contribution < -0.4 is 4.74 Å².